The summed E-state index contributed by atoms with van der Waals surface area (Å²) in [6.07, 6.45) is 0. The molecule has 0 aliphatic rings. The van der Waals surface area contributed by atoms with Gasteiger partial charge in [-0.3, -0.25) is 0 Å². The predicted octanol–water partition coefficient (Wildman–Crippen LogP) is 1.07. The van der Waals surface area contributed by atoms with Crippen LogP contribution in [0, 0.1) is 0 Å². The van der Waals surface area contributed by atoms with E-state index in [2.05, 4.69) is 26.0 Å². The number of benzene rings is 1. The number of carbonyl (C=O) groups excluding carboxylic acids is 1. The highest BCUT2D eigenvalue weighted by Gasteiger charge is 2.18. The lowest BCUT2D eigenvalue weighted by molar-refractivity contribution is 0.00253. The lowest BCUT2D eigenvalue weighted by Crippen LogP contribution is -2.40. The van der Waals surface area contributed by atoms with Crippen LogP contribution in [0.25, 0.3) is 0 Å². The number of aliphatic hydroxyl groups is 2. The molecule has 0 bridgehead atoms. The van der Waals surface area contributed by atoms with Crippen LogP contribution < -0.4 is 5.32 Å². The molecular formula is C13H18BrNO4. The quantitative estimate of drug-likeness (QED) is 0.679. The molecule has 106 valence electrons. The van der Waals surface area contributed by atoms with Crippen LogP contribution in [-0.2, 0) is 11.3 Å². The van der Waals surface area contributed by atoms with Crippen molar-refractivity contribution in [2.75, 3.05) is 20.3 Å². The maximum Gasteiger partial charge on any atom is 0.337 e. The summed E-state index contributed by atoms with van der Waals surface area (Å²) in [5.41, 5.74) is 0.278. The molecule has 1 unspecified atom stereocenters. The summed E-state index contributed by atoms with van der Waals surface area (Å²) in [5, 5.41) is 21.6. The van der Waals surface area contributed by atoms with Gasteiger partial charge < -0.3 is 20.3 Å². The van der Waals surface area contributed by atoms with Gasteiger partial charge in [0.05, 0.1) is 24.9 Å². The van der Waals surface area contributed by atoms with Crippen molar-refractivity contribution >= 4 is 21.9 Å². The monoisotopic (exact) mass is 331 g/mol. The van der Waals surface area contributed by atoms with Crippen molar-refractivity contribution in [2.45, 2.75) is 19.1 Å². The van der Waals surface area contributed by atoms with E-state index in [1.54, 1.807) is 25.1 Å². The standard InChI is InChI=1S/C13H18BrNO4/c1-13(18,8-16)7-15-6-10-4-3-9(5-11(10)14)12(17)19-2/h3-5,15-16,18H,6-8H2,1-2H3. The van der Waals surface area contributed by atoms with Crippen molar-refractivity contribution in [3.8, 4) is 0 Å². The Bertz CT molecular complexity index is 448. The van der Waals surface area contributed by atoms with Crippen molar-refractivity contribution < 1.29 is 19.7 Å². The molecule has 0 saturated heterocycles. The molecule has 0 amide bonds. The fourth-order valence-electron chi connectivity index (χ4n) is 1.46. The minimum atomic E-state index is -1.14. The number of esters is 1. The molecule has 5 nitrogen and oxygen atoms in total. The Hall–Kier alpha value is -0.950. The van der Waals surface area contributed by atoms with Gasteiger partial charge in [-0.15, -0.1) is 0 Å². The van der Waals surface area contributed by atoms with Gasteiger partial charge >= 0.3 is 5.97 Å². The summed E-state index contributed by atoms with van der Waals surface area (Å²) in [6, 6.07) is 5.17. The van der Waals surface area contributed by atoms with E-state index in [4.69, 9.17) is 5.11 Å². The second-order valence-corrected chi connectivity index (χ2v) is 5.41. The Morgan fingerprint density at radius 2 is 2.21 bits per heavy atom. The van der Waals surface area contributed by atoms with Gasteiger partial charge in [-0.1, -0.05) is 22.0 Å². The van der Waals surface area contributed by atoms with Crippen LogP contribution in [0.5, 0.6) is 0 Å². The van der Waals surface area contributed by atoms with E-state index in [-0.39, 0.29) is 19.1 Å². The Morgan fingerprint density at radius 3 is 2.74 bits per heavy atom. The highest BCUT2D eigenvalue weighted by atomic mass is 79.9. The molecule has 0 radical (unpaired) electrons. The van der Waals surface area contributed by atoms with E-state index >= 15 is 0 Å². The molecule has 0 aliphatic carbocycles. The fraction of sp³-hybridized carbons (Fsp3) is 0.462. The molecule has 19 heavy (non-hydrogen) atoms. The lowest BCUT2D eigenvalue weighted by Gasteiger charge is -2.20. The van der Waals surface area contributed by atoms with Crippen LogP contribution in [0.15, 0.2) is 22.7 Å². The minimum absolute atomic E-state index is 0.273. The van der Waals surface area contributed by atoms with Crippen LogP contribution in [0.2, 0.25) is 0 Å². The third-order valence-corrected chi connectivity index (χ3v) is 3.37. The molecule has 6 heteroatoms. The second-order valence-electron chi connectivity index (χ2n) is 4.56. The van der Waals surface area contributed by atoms with Gasteiger partial charge in [0.15, 0.2) is 0 Å². The Morgan fingerprint density at radius 1 is 1.53 bits per heavy atom. The summed E-state index contributed by atoms with van der Waals surface area (Å²) >= 11 is 3.38. The van der Waals surface area contributed by atoms with E-state index in [9.17, 15) is 9.90 Å². The zero-order valence-corrected chi connectivity index (χ0v) is 12.5. The van der Waals surface area contributed by atoms with Gasteiger partial charge in [-0.25, -0.2) is 4.79 Å². The van der Waals surface area contributed by atoms with E-state index in [0.717, 1.165) is 10.0 Å². The lowest BCUT2D eigenvalue weighted by atomic mass is 10.1. The highest BCUT2D eigenvalue weighted by molar-refractivity contribution is 9.10. The molecule has 0 fully saturated rings. The number of aliphatic hydroxyl groups excluding tert-OH is 1. The molecule has 3 N–H and O–H groups in total. The largest absolute Gasteiger partial charge is 0.465 e. The van der Waals surface area contributed by atoms with Crippen molar-refractivity contribution in [1.29, 1.82) is 0 Å². The number of nitrogens with one attached hydrogen (secondary N) is 1. The number of methoxy groups -OCH3 is 1. The molecule has 1 aromatic rings. The SMILES string of the molecule is COC(=O)c1ccc(CNCC(C)(O)CO)c(Br)c1. The molecular weight excluding hydrogens is 314 g/mol. The molecule has 0 aromatic heterocycles. The third-order valence-electron chi connectivity index (χ3n) is 2.64. The number of carbonyl (C=O) groups is 1. The summed E-state index contributed by atoms with van der Waals surface area (Å²) in [4.78, 5) is 11.3. The molecule has 1 rings (SSSR count). The number of ether oxygens (including phenoxy) is 1. The molecule has 0 saturated carbocycles. The van der Waals surface area contributed by atoms with Gasteiger partial charge in [0.2, 0.25) is 0 Å². The second kappa shape index (κ2) is 7.00. The maximum atomic E-state index is 11.3. The zero-order valence-electron chi connectivity index (χ0n) is 10.9. The van der Waals surface area contributed by atoms with Crippen LogP contribution in [0.1, 0.15) is 22.8 Å². The smallest absolute Gasteiger partial charge is 0.337 e. The normalized spacial score (nSPS) is 13.9. The van der Waals surface area contributed by atoms with Crippen LogP contribution >= 0.6 is 15.9 Å². The van der Waals surface area contributed by atoms with E-state index in [0.29, 0.717) is 12.1 Å². The zero-order chi connectivity index (χ0) is 14.5. The van der Waals surface area contributed by atoms with Gasteiger partial charge in [0, 0.05) is 17.6 Å². The average molecular weight is 332 g/mol. The molecule has 1 aromatic carbocycles. The molecule has 0 aliphatic heterocycles. The minimum Gasteiger partial charge on any atom is -0.465 e. The average Bonchev–Trinajstić information content (AvgIpc) is 2.39. The Balaban J connectivity index is 2.63. The molecule has 0 spiro atoms. The molecule has 1 atom stereocenters. The summed E-state index contributed by atoms with van der Waals surface area (Å²) in [5.74, 6) is -0.386. The van der Waals surface area contributed by atoms with Crippen LogP contribution in [-0.4, -0.2) is 42.0 Å². The van der Waals surface area contributed by atoms with Crippen molar-refractivity contribution in [3.05, 3.63) is 33.8 Å². The summed E-state index contributed by atoms with van der Waals surface area (Å²) in [7, 11) is 1.34. The van der Waals surface area contributed by atoms with Crippen LogP contribution in [0.3, 0.4) is 0 Å². The van der Waals surface area contributed by atoms with Gasteiger partial charge in [0.1, 0.15) is 0 Å². The number of halogens is 1. The van der Waals surface area contributed by atoms with Gasteiger partial charge in [-0.05, 0) is 24.6 Å². The molecule has 0 heterocycles. The fourth-order valence-corrected chi connectivity index (χ4v) is 1.98. The first-order valence-corrected chi connectivity index (χ1v) is 6.59. The predicted molar refractivity (Wildman–Crippen MR) is 74.9 cm³/mol. The first kappa shape index (κ1) is 16.1. The van der Waals surface area contributed by atoms with Crippen molar-refractivity contribution in [1.82, 2.24) is 5.32 Å². The number of hydrogen-bond acceptors (Lipinski definition) is 5. The number of rotatable bonds is 6. The van der Waals surface area contributed by atoms with Gasteiger partial charge in [0.25, 0.3) is 0 Å². The maximum absolute atomic E-state index is 11.3. The van der Waals surface area contributed by atoms with E-state index in [1.165, 1.54) is 7.11 Å². The Labute approximate surface area is 120 Å². The Kier molecular flexibility index (Phi) is 5.93. The first-order valence-electron chi connectivity index (χ1n) is 5.80. The van der Waals surface area contributed by atoms with Gasteiger partial charge in [-0.2, -0.15) is 0 Å². The first-order chi connectivity index (χ1) is 8.89. The van der Waals surface area contributed by atoms with Crippen molar-refractivity contribution in [2.24, 2.45) is 0 Å². The third kappa shape index (κ3) is 4.91. The van der Waals surface area contributed by atoms with E-state index < -0.39 is 5.60 Å². The van der Waals surface area contributed by atoms with Crippen LogP contribution in [0.4, 0.5) is 0 Å². The summed E-state index contributed by atoms with van der Waals surface area (Å²) < 4.78 is 5.42. The van der Waals surface area contributed by atoms with E-state index in [1.807, 2.05) is 0 Å². The summed E-state index contributed by atoms with van der Waals surface area (Å²) in [6.45, 7) is 2.03. The van der Waals surface area contributed by atoms with Crippen molar-refractivity contribution in [3.63, 3.8) is 0 Å². The highest BCUT2D eigenvalue weighted by Crippen LogP contribution is 2.19. The number of hydrogen-bond donors (Lipinski definition) is 3. The topological polar surface area (TPSA) is 78.8 Å².